The first-order valence-corrected chi connectivity index (χ1v) is 6.78. The standard InChI is InChI=1S/C14H18FN3O2/c1-18(2)12-11(9-4-6-20-13(9)12)17-14(19)8-3-5-16-7-10(8)15/h3,5,7,9,11-13H,4,6H2,1-2H3,(H,17,19)/t9-,11+,12-,13-/m1/s1. The van der Waals surface area contributed by atoms with E-state index in [1.807, 2.05) is 14.1 Å². The highest BCUT2D eigenvalue weighted by Gasteiger charge is 2.55. The van der Waals surface area contributed by atoms with Gasteiger partial charge in [0.05, 0.1) is 29.9 Å². The lowest BCUT2D eigenvalue weighted by molar-refractivity contribution is -0.0664. The molecule has 3 rings (SSSR count). The molecule has 1 aliphatic carbocycles. The molecule has 1 aromatic rings. The van der Waals surface area contributed by atoms with E-state index in [1.165, 1.54) is 12.3 Å². The van der Waals surface area contributed by atoms with Crippen molar-refractivity contribution in [2.45, 2.75) is 24.6 Å². The van der Waals surface area contributed by atoms with Gasteiger partial charge in [-0.1, -0.05) is 0 Å². The summed E-state index contributed by atoms with van der Waals surface area (Å²) in [7, 11) is 3.93. The molecule has 6 heteroatoms. The number of nitrogens with zero attached hydrogens (tertiary/aromatic N) is 2. The number of pyridine rings is 1. The molecule has 5 nitrogen and oxygen atoms in total. The molecular weight excluding hydrogens is 261 g/mol. The highest BCUT2D eigenvalue weighted by Crippen LogP contribution is 2.41. The minimum Gasteiger partial charge on any atom is -0.376 e. The van der Waals surface area contributed by atoms with Crippen molar-refractivity contribution >= 4 is 5.91 Å². The molecular formula is C14H18FN3O2. The first-order chi connectivity index (χ1) is 9.59. The molecule has 1 saturated carbocycles. The van der Waals surface area contributed by atoms with Gasteiger partial charge in [-0.3, -0.25) is 9.78 Å². The molecule has 0 unspecified atom stereocenters. The predicted octanol–water partition coefficient (Wildman–Crippen LogP) is 0.668. The van der Waals surface area contributed by atoms with E-state index in [4.69, 9.17) is 4.74 Å². The second-order valence-electron chi connectivity index (χ2n) is 5.60. The summed E-state index contributed by atoms with van der Waals surface area (Å²) in [6.07, 6.45) is 3.60. The summed E-state index contributed by atoms with van der Waals surface area (Å²) in [6, 6.07) is 1.56. The van der Waals surface area contributed by atoms with E-state index < -0.39 is 5.82 Å². The molecule has 2 aliphatic rings. The summed E-state index contributed by atoms with van der Waals surface area (Å²) >= 11 is 0. The Morgan fingerprint density at radius 2 is 2.35 bits per heavy atom. The zero-order valence-corrected chi connectivity index (χ0v) is 11.5. The van der Waals surface area contributed by atoms with Crippen molar-refractivity contribution in [3.63, 3.8) is 0 Å². The zero-order chi connectivity index (χ0) is 14.3. The van der Waals surface area contributed by atoms with Gasteiger partial charge in [-0.25, -0.2) is 4.39 Å². The Bertz CT molecular complexity index is 523. The smallest absolute Gasteiger partial charge is 0.254 e. The second kappa shape index (κ2) is 5.10. The lowest BCUT2D eigenvalue weighted by Crippen LogP contribution is -2.69. The first kappa shape index (κ1) is 13.5. The monoisotopic (exact) mass is 279 g/mol. The van der Waals surface area contributed by atoms with Crippen molar-refractivity contribution in [1.29, 1.82) is 0 Å². The van der Waals surface area contributed by atoms with Crippen LogP contribution in [0.25, 0.3) is 0 Å². The fourth-order valence-corrected chi connectivity index (χ4v) is 3.27. The molecule has 108 valence electrons. The number of carbonyl (C=O) groups excluding carboxylic acids is 1. The van der Waals surface area contributed by atoms with Crippen LogP contribution in [0.15, 0.2) is 18.5 Å². The maximum Gasteiger partial charge on any atom is 0.254 e. The molecule has 20 heavy (non-hydrogen) atoms. The van der Waals surface area contributed by atoms with Crippen LogP contribution in [0.5, 0.6) is 0 Å². The van der Waals surface area contributed by atoms with Gasteiger partial charge in [-0.05, 0) is 26.6 Å². The third kappa shape index (κ3) is 2.09. The number of fused-ring (bicyclic) bond motifs is 1. The van der Waals surface area contributed by atoms with Gasteiger partial charge in [-0.2, -0.15) is 0 Å². The van der Waals surface area contributed by atoms with Crippen molar-refractivity contribution in [3.8, 4) is 0 Å². The van der Waals surface area contributed by atoms with Gasteiger partial charge in [0.2, 0.25) is 0 Å². The molecule has 1 aliphatic heterocycles. The number of aromatic nitrogens is 1. The van der Waals surface area contributed by atoms with Crippen LogP contribution in [0.3, 0.4) is 0 Å². The Morgan fingerprint density at radius 1 is 1.55 bits per heavy atom. The Balaban J connectivity index is 1.74. The van der Waals surface area contributed by atoms with Crippen molar-refractivity contribution in [2.75, 3.05) is 20.7 Å². The van der Waals surface area contributed by atoms with E-state index in [2.05, 4.69) is 15.2 Å². The van der Waals surface area contributed by atoms with Crippen LogP contribution < -0.4 is 5.32 Å². The fraction of sp³-hybridized carbons (Fsp3) is 0.571. The van der Waals surface area contributed by atoms with E-state index in [1.54, 1.807) is 0 Å². The van der Waals surface area contributed by atoms with E-state index >= 15 is 0 Å². The Kier molecular flexibility index (Phi) is 3.43. The quantitative estimate of drug-likeness (QED) is 0.883. The van der Waals surface area contributed by atoms with Crippen LogP contribution in [0.2, 0.25) is 0 Å². The van der Waals surface area contributed by atoms with Crippen LogP contribution in [-0.2, 0) is 4.74 Å². The van der Waals surface area contributed by atoms with E-state index in [-0.39, 0.29) is 29.7 Å². The average molecular weight is 279 g/mol. The van der Waals surface area contributed by atoms with Gasteiger partial charge in [-0.15, -0.1) is 0 Å². The largest absolute Gasteiger partial charge is 0.376 e. The Hall–Kier alpha value is -1.53. The highest BCUT2D eigenvalue weighted by molar-refractivity contribution is 5.94. The summed E-state index contributed by atoms with van der Waals surface area (Å²) < 4.78 is 19.3. The van der Waals surface area contributed by atoms with Gasteiger partial charge in [0.25, 0.3) is 5.91 Å². The van der Waals surface area contributed by atoms with Crippen molar-refractivity contribution in [2.24, 2.45) is 5.92 Å². The van der Waals surface area contributed by atoms with Gasteiger partial charge in [0, 0.05) is 18.7 Å². The number of hydrogen-bond acceptors (Lipinski definition) is 4. The molecule has 1 saturated heterocycles. The lowest BCUT2D eigenvalue weighted by atomic mass is 9.71. The van der Waals surface area contributed by atoms with Crippen LogP contribution in [0.4, 0.5) is 4.39 Å². The predicted molar refractivity (Wildman–Crippen MR) is 70.8 cm³/mol. The number of rotatable bonds is 3. The number of carbonyl (C=O) groups is 1. The molecule has 0 radical (unpaired) electrons. The maximum atomic E-state index is 13.6. The second-order valence-corrected chi connectivity index (χ2v) is 5.60. The number of ether oxygens (including phenoxy) is 1. The molecule has 2 heterocycles. The van der Waals surface area contributed by atoms with Crippen LogP contribution >= 0.6 is 0 Å². The molecule has 1 aromatic heterocycles. The SMILES string of the molecule is CN(C)[C@@H]1[C@@H](NC(=O)c2ccncc2F)[C@H]2CCO[C@H]21. The molecule has 0 aromatic carbocycles. The minimum absolute atomic E-state index is 0.0116. The normalized spacial score (nSPS) is 31.8. The first-order valence-electron chi connectivity index (χ1n) is 6.78. The molecule has 4 atom stereocenters. The highest BCUT2D eigenvalue weighted by atomic mass is 19.1. The summed E-state index contributed by atoms with van der Waals surface area (Å²) in [5, 5.41) is 2.95. The zero-order valence-electron chi connectivity index (χ0n) is 11.5. The summed E-state index contributed by atoms with van der Waals surface area (Å²) in [5.41, 5.74) is 0.0415. The van der Waals surface area contributed by atoms with Crippen LogP contribution in [0, 0.1) is 11.7 Å². The van der Waals surface area contributed by atoms with Crippen molar-refractivity contribution in [1.82, 2.24) is 15.2 Å². The van der Waals surface area contributed by atoms with E-state index in [9.17, 15) is 9.18 Å². The van der Waals surface area contributed by atoms with Crippen molar-refractivity contribution < 1.29 is 13.9 Å². The molecule has 1 amide bonds. The van der Waals surface area contributed by atoms with E-state index in [0.29, 0.717) is 5.92 Å². The molecule has 0 spiro atoms. The third-order valence-electron chi connectivity index (χ3n) is 4.26. The molecule has 2 fully saturated rings. The lowest BCUT2D eigenvalue weighted by Gasteiger charge is -2.50. The molecule has 0 bridgehead atoms. The molecule has 1 N–H and O–H groups in total. The van der Waals surface area contributed by atoms with Crippen LogP contribution in [0.1, 0.15) is 16.8 Å². The maximum absolute atomic E-state index is 13.6. The van der Waals surface area contributed by atoms with Gasteiger partial charge in [0.1, 0.15) is 0 Å². The van der Waals surface area contributed by atoms with Gasteiger partial charge >= 0.3 is 0 Å². The fourth-order valence-electron chi connectivity index (χ4n) is 3.27. The van der Waals surface area contributed by atoms with Gasteiger partial charge in [0.15, 0.2) is 5.82 Å². The van der Waals surface area contributed by atoms with Crippen LogP contribution in [-0.4, -0.2) is 54.7 Å². The summed E-state index contributed by atoms with van der Waals surface area (Å²) in [5.74, 6) is -0.645. The minimum atomic E-state index is -0.593. The summed E-state index contributed by atoms with van der Waals surface area (Å²) in [6.45, 7) is 0.732. The number of hydrogen-bond donors (Lipinski definition) is 1. The number of nitrogens with one attached hydrogen (secondary N) is 1. The average Bonchev–Trinajstić information content (AvgIpc) is 2.79. The topological polar surface area (TPSA) is 54.5 Å². The number of amides is 1. The van der Waals surface area contributed by atoms with Gasteiger partial charge < -0.3 is 15.0 Å². The van der Waals surface area contributed by atoms with E-state index in [0.717, 1.165) is 19.2 Å². The Morgan fingerprint density at radius 3 is 3.05 bits per heavy atom. The number of likely N-dealkylation sites (N-methyl/N-ethyl adjacent to an activating group) is 1. The summed E-state index contributed by atoms with van der Waals surface area (Å²) in [4.78, 5) is 17.9. The number of halogens is 1. The Labute approximate surface area is 117 Å². The third-order valence-corrected chi connectivity index (χ3v) is 4.26. The van der Waals surface area contributed by atoms with Crippen molar-refractivity contribution in [3.05, 3.63) is 29.8 Å².